The quantitative estimate of drug-likeness (QED) is 0.351. The summed E-state index contributed by atoms with van der Waals surface area (Å²) in [5, 5.41) is 2.77. The van der Waals surface area contributed by atoms with E-state index in [-0.39, 0.29) is 0 Å². The van der Waals surface area contributed by atoms with Gasteiger partial charge >= 0.3 is 70.1 Å². The van der Waals surface area contributed by atoms with Gasteiger partial charge < -0.3 is 0 Å². The zero-order valence-electron chi connectivity index (χ0n) is 6.73. The Labute approximate surface area is 70.5 Å². The van der Waals surface area contributed by atoms with Gasteiger partial charge in [0, 0.05) is 0 Å². The van der Waals surface area contributed by atoms with Crippen LogP contribution in [0.4, 0.5) is 0 Å². The number of rotatable bonds is 7. The van der Waals surface area contributed by atoms with Gasteiger partial charge in [0.05, 0.1) is 0 Å². The topological polar surface area (TPSA) is 9.23 Å². The van der Waals surface area contributed by atoms with Crippen molar-refractivity contribution in [1.82, 2.24) is 0 Å². The molecule has 0 aliphatic carbocycles. The van der Waals surface area contributed by atoms with Crippen molar-refractivity contribution in [2.75, 3.05) is 6.61 Å². The molecule has 0 radical (unpaired) electrons. The molecule has 0 aromatic rings. The second-order valence-corrected chi connectivity index (χ2v) is 5.29. The zero-order chi connectivity index (χ0) is 7.66. The van der Waals surface area contributed by atoms with E-state index < -0.39 is 0 Å². The Morgan fingerprint density at radius 3 is 2.90 bits per heavy atom. The first kappa shape index (κ1) is 10.1. The normalized spacial score (nSPS) is 10.5. The molecule has 1 nitrogen and oxygen atoms in total. The molecule has 0 spiro atoms. The Morgan fingerprint density at radius 2 is 2.30 bits per heavy atom. The molecule has 10 heavy (non-hydrogen) atoms. The molecule has 2 heteroatoms. The second-order valence-electron chi connectivity index (χ2n) is 2.14. The van der Waals surface area contributed by atoms with Crippen LogP contribution in [0, 0.1) is 0 Å². The summed E-state index contributed by atoms with van der Waals surface area (Å²) in [7, 11) is 0. The molecule has 1 unspecified atom stereocenters. The summed E-state index contributed by atoms with van der Waals surface area (Å²) in [6.45, 7) is 6.62. The fourth-order valence-corrected chi connectivity index (χ4v) is 2.98. The summed E-state index contributed by atoms with van der Waals surface area (Å²) in [6.07, 6.45) is 4.28. The molecule has 0 saturated heterocycles. The van der Waals surface area contributed by atoms with Crippen molar-refractivity contribution < 1.29 is 4.74 Å². The molecule has 0 aliphatic rings. The van der Waals surface area contributed by atoms with Gasteiger partial charge in [0.1, 0.15) is 0 Å². The van der Waals surface area contributed by atoms with Crippen molar-refractivity contribution in [3.63, 3.8) is 0 Å². The predicted octanol–water partition coefficient (Wildman–Crippen LogP) is 2.22. The van der Waals surface area contributed by atoms with Gasteiger partial charge in [-0.3, -0.25) is 0 Å². The van der Waals surface area contributed by atoms with Crippen molar-refractivity contribution in [2.45, 2.75) is 30.2 Å². The molecule has 0 aromatic carbocycles. The SMILES string of the molecule is C=COCC[AsH]CCCC. The zero-order valence-corrected chi connectivity index (χ0v) is 8.83. The Hall–Kier alpha value is 0.0984. The molecule has 0 N–H and O–H groups in total. The van der Waals surface area contributed by atoms with Crippen molar-refractivity contribution in [1.29, 1.82) is 0 Å². The maximum atomic E-state index is 5.01. The van der Waals surface area contributed by atoms with Gasteiger partial charge in [0.25, 0.3) is 0 Å². The minimum atomic E-state index is 0.316. The molecule has 60 valence electrons. The third-order valence-corrected chi connectivity index (χ3v) is 3.88. The summed E-state index contributed by atoms with van der Waals surface area (Å²) in [5.41, 5.74) is 0. The van der Waals surface area contributed by atoms with Crippen LogP contribution < -0.4 is 0 Å². The molecular formula is C8H17AsO. The molecule has 0 heterocycles. The number of unbranched alkanes of at least 4 members (excludes halogenated alkanes) is 1. The Kier molecular flexibility index (Phi) is 9.19. The summed E-state index contributed by atoms with van der Waals surface area (Å²) in [5.74, 6) is 0. The standard InChI is InChI=1S/C8H17AsO/c1-3-5-6-9-7-8-10-4-2/h4,9H,2-3,5-8H2,1H3. The molecule has 0 aliphatic heterocycles. The Morgan fingerprint density at radius 1 is 1.50 bits per heavy atom. The molecule has 1 atom stereocenters. The first-order valence-electron chi connectivity index (χ1n) is 3.85. The molecule has 0 aromatic heterocycles. The number of hydrogen-bond acceptors (Lipinski definition) is 1. The molecule has 0 fully saturated rings. The van der Waals surface area contributed by atoms with Crippen LogP contribution in [-0.2, 0) is 4.74 Å². The van der Waals surface area contributed by atoms with Crippen LogP contribution in [0.15, 0.2) is 12.8 Å². The van der Waals surface area contributed by atoms with E-state index in [0.717, 1.165) is 6.61 Å². The van der Waals surface area contributed by atoms with Gasteiger partial charge in [0.2, 0.25) is 0 Å². The Bertz CT molecular complexity index is 73.7. The van der Waals surface area contributed by atoms with Gasteiger partial charge in [-0.2, -0.15) is 0 Å². The molecule has 0 rings (SSSR count). The van der Waals surface area contributed by atoms with E-state index in [0.29, 0.717) is 15.8 Å². The van der Waals surface area contributed by atoms with Crippen LogP contribution in [0.3, 0.4) is 0 Å². The van der Waals surface area contributed by atoms with Gasteiger partial charge in [0.15, 0.2) is 0 Å². The maximum absolute atomic E-state index is 5.01. The van der Waals surface area contributed by atoms with Gasteiger partial charge in [-0.1, -0.05) is 0 Å². The third kappa shape index (κ3) is 8.10. The van der Waals surface area contributed by atoms with Crippen LogP contribution in [0.2, 0.25) is 10.4 Å². The molecule has 0 amide bonds. The third-order valence-electron chi connectivity index (χ3n) is 1.22. The molecule has 0 saturated carbocycles. The molecular weight excluding hydrogens is 187 g/mol. The van der Waals surface area contributed by atoms with Crippen molar-refractivity contribution in [3.05, 3.63) is 12.8 Å². The van der Waals surface area contributed by atoms with Crippen LogP contribution in [0.25, 0.3) is 0 Å². The van der Waals surface area contributed by atoms with E-state index in [9.17, 15) is 0 Å². The van der Waals surface area contributed by atoms with Crippen LogP contribution in [0.5, 0.6) is 0 Å². The summed E-state index contributed by atoms with van der Waals surface area (Å²) < 4.78 is 5.01. The summed E-state index contributed by atoms with van der Waals surface area (Å²) >= 11 is 0.316. The number of ether oxygens (including phenoxy) is 1. The fraction of sp³-hybridized carbons (Fsp3) is 0.750. The van der Waals surface area contributed by atoms with Crippen molar-refractivity contribution in [2.24, 2.45) is 0 Å². The van der Waals surface area contributed by atoms with Gasteiger partial charge in [-0.05, 0) is 0 Å². The van der Waals surface area contributed by atoms with Crippen LogP contribution in [0.1, 0.15) is 19.8 Å². The minimum absolute atomic E-state index is 0.316. The average molecular weight is 204 g/mol. The van der Waals surface area contributed by atoms with Gasteiger partial charge in [-0.25, -0.2) is 0 Å². The first-order valence-corrected chi connectivity index (χ1v) is 6.81. The van der Waals surface area contributed by atoms with E-state index in [4.69, 9.17) is 4.74 Å². The Balaban J connectivity index is 2.70. The van der Waals surface area contributed by atoms with Crippen LogP contribution >= 0.6 is 0 Å². The van der Waals surface area contributed by atoms with E-state index in [1.54, 1.807) is 0 Å². The fourth-order valence-electron chi connectivity index (χ4n) is 0.641. The van der Waals surface area contributed by atoms with Crippen LogP contribution in [-0.4, -0.2) is 22.4 Å². The second kappa shape index (κ2) is 9.10. The summed E-state index contributed by atoms with van der Waals surface area (Å²) in [6, 6.07) is 0. The van der Waals surface area contributed by atoms with Gasteiger partial charge in [-0.15, -0.1) is 0 Å². The molecule has 0 bridgehead atoms. The summed E-state index contributed by atoms with van der Waals surface area (Å²) in [4.78, 5) is 0. The first-order chi connectivity index (χ1) is 4.91. The van der Waals surface area contributed by atoms with E-state index in [2.05, 4.69) is 13.5 Å². The predicted molar refractivity (Wildman–Crippen MR) is 47.8 cm³/mol. The average Bonchev–Trinajstić information content (AvgIpc) is 1.97. The monoisotopic (exact) mass is 204 g/mol. The van der Waals surface area contributed by atoms with Crippen molar-refractivity contribution >= 4 is 15.8 Å². The van der Waals surface area contributed by atoms with E-state index in [1.807, 2.05) is 0 Å². The van der Waals surface area contributed by atoms with E-state index in [1.165, 1.54) is 29.5 Å². The van der Waals surface area contributed by atoms with E-state index >= 15 is 0 Å². The number of hydrogen-bond donors (Lipinski definition) is 0. The van der Waals surface area contributed by atoms with Crippen molar-refractivity contribution in [3.8, 4) is 0 Å².